The lowest BCUT2D eigenvalue weighted by Gasteiger charge is -2.40. The van der Waals surface area contributed by atoms with E-state index in [4.69, 9.17) is 4.74 Å². The van der Waals surface area contributed by atoms with Crippen LogP contribution in [0.2, 0.25) is 0 Å². The van der Waals surface area contributed by atoms with E-state index in [9.17, 15) is 14.7 Å². The summed E-state index contributed by atoms with van der Waals surface area (Å²) in [5.74, 6) is -1.72. The van der Waals surface area contributed by atoms with Gasteiger partial charge in [0.2, 0.25) is 0 Å². The van der Waals surface area contributed by atoms with Crippen molar-refractivity contribution in [2.75, 3.05) is 0 Å². The van der Waals surface area contributed by atoms with E-state index in [-0.39, 0.29) is 17.9 Å². The summed E-state index contributed by atoms with van der Waals surface area (Å²) in [6.45, 7) is 14.9. The molecule has 0 saturated heterocycles. The van der Waals surface area contributed by atoms with Crippen LogP contribution < -0.4 is 0 Å². The molecule has 0 fully saturated rings. The predicted octanol–water partition coefficient (Wildman–Crippen LogP) is 3.88. The van der Waals surface area contributed by atoms with Crippen LogP contribution in [-0.2, 0) is 14.3 Å². The summed E-state index contributed by atoms with van der Waals surface area (Å²) >= 11 is 0. The highest BCUT2D eigenvalue weighted by Crippen LogP contribution is 2.44. The minimum absolute atomic E-state index is 0.218. The van der Waals surface area contributed by atoms with Crippen LogP contribution in [0.15, 0.2) is 0 Å². The van der Waals surface area contributed by atoms with E-state index in [1.807, 2.05) is 27.7 Å². The molecule has 0 aliphatic heterocycles. The lowest BCUT2D eigenvalue weighted by atomic mass is 9.64. The maximum atomic E-state index is 12.6. The largest absolute Gasteiger partial charge is 0.480 e. The Labute approximate surface area is 122 Å². The third kappa shape index (κ3) is 3.74. The minimum atomic E-state index is -1.50. The van der Waals surface area contributed by atoms with Gasteiger partial charge in [0.1, 0.15) is 6.10 Å². The fourth-order valence-electron chi connectivity index (χ4n) is 2.11. The number of carboxylic acids is 1. The summed E-state index contributed by atoms with van der Waals surface area (Å²) in [6.07, 6.45) is 0.553. The number of rotatable bonds is 5. The summed E-state index contributed by atoms with van der Waals surface area (Å²) < 4.78 is 5.50. The Hall–Kier alpha value is -1.06. The number of esters is 1. The topological polar surface area (TPSA) is 63.6 Å². The Morgan fingerprint density at radius 2 is 1.55 bits per heavy atom. The lowest BCUT2D eigenvalue weighted by Crippen LogP contribution is -2.51. The Morgan fingerprint density at radius 3 is 1.80 bits per heavy atom. The first kappa shape index (κ1) is 18.9. The second kappa shape index (κ2) is 6.15. The molecule has 0 heterocycles. The van der Waals surface area contributed by atoms with Crippen molar-refractivity contribution in [2.45, 2.75) is 74.3 Å². The van der Waals surface area contributed by atoms with Crippen molar-refractivity contribution in [2.24, 2.45) is 16.2 Å². The maximum Gasteiger partial charge on any atom is 0.324 e. The van der Waals surface area contributed by atoms with Gasteiger partial charge >= 0.3 is 11.9 Å². The summed E-state index contributed by atoms with van der Waals surface area (Å²) in [5, 5.41) is 9.68. The summed E-state index contributed by atoms with van der Waals surface area (Å²) in [6, 6.07) is 0. The zero-order chi connectivity index (χ0) is 16.4. The summed E-state index contributed by atoms with van der Waals surface area (Å²) in [4.78, 5) is 24.4. The van der Waals surface area contributed by atoms with Gasteiger partial charge in [-0.3, -0.25) is 9.59 Å². The third-order valence-corrected chi connectivity index (χ3v) is 4.12. The number of hydrogen-bond acceptors (Lipinski definition) is 3. The molecule has 0 aromatic carbocycles. The molecule has 2 atom stereocenters. The number of carbonyl (C=O) groups excluding carboxylic acids is 1. The maximum absolute atomic E-state index is 12.6. The molecule has 2 unspecified atom stereocenters. The fourth-order valence-corrected chi connectivity index (χ4v) is 2.11. The van der Waals surface area contributed by atoms with E-state index < -0.39 is 22.8 Å². The molecular formula is C16H30O4. The molecule has 0 aliphatic rings. The van der Waals surface area contributed by atoms with Crippen LogP contribution >= 0.6 is 0 Å². The van der Waals surface area contributed by atoms with E-state index >= 15 is 0 Å². The van der Waals surface area contributed by atoms with Crippen molar-refractivity contribution >= 4 is 11.9 Å². The fraction of sp³-hybridized carbons (Fsp3) is 0.875. The third-order valence-electron chi connectivity index (χ3n) is 4.12. The second-order valence-corrected chi connectivity index (χ2v) is 7.62. The Bertz CT molecular complexity index is 360. The minimum Gasteiger partial charge on any atom is -0.480 e. The molecule has 20 heavy (non-hydrogen) atoms. The molecular weight excluding hydrogens is 256 g/mol. The molecule has 0 aliphatic carbocycles. The van der Waals surface area contributed by atoms with Gasteiger partial charge in [-0.05, 0) is 24.2 Å². The van der Waals surface area contributed by atoms with Crippen molar-refractivity contribution in [3.8, 4) is 0 Å². The molecule has 0 spiro atoms. The van der Waals surface area contributed by atoms with Gasteiger partial charge in [0.25, 0.3) is 0 Å². The van der Waals surface area contributed by atoms with Gasteiger partial charge in [-0.25, -0.2) is 0 Å². The predicted molar refractivity (Wildman–Crippen MR) is 79.4 cm³/mol. The Morgan fingerprint density at radius 1 is 1.10 bits per heavy atom. The highest BCUT2D eigenvalue weighted by atomic mass is 16.5. The summed E-state index contributed by atoms with van der Waals surface area (Å²) in [7, 11) is 0. The van der Waals surface area contributed by atoms with E-state index in [1.165, 1.54) is 0 Å². The molecule has 0 aromatic rings. The van der Waals surface area contributed by atoms with E-state index in [1.54, 1.807) is 27.7 Å². The van der Waals surface area contributed by atoms with Gasteiger partial charge in [0.15, 0.2) is 5.41 Å². The van der Waals surface area contributed by atoms with Crippen LogP contribution in [0.5, 0.6) is 0 Å². The van der Waals surface area contributed by atoms with Gasteiger partial charge in [0.05, 0.1) is 0 Å². The first-order valence-electron chi connectivity index (χ1n) is 7.25. The van der Waals surface area contributed by atoms with Crippen molar-refractivity contribution in [1.82, 2.24) is 0 Å². The van der Waals surface area contributed by atoms with Gasteiger partial charge in [-0.2, -0.15) is 0 Å². The van der Waals surface area contributed by atoms with Crippen LogP contribution in [0.25, 0.3) is 0 Å². The Kier molecular flexibility index (Phi) is 5.82. The Balaban J connectivity index is 5.56. The molecule has 4 heteroatoms. The number of ether oxygens (including phenoxy) is 1. The van der Waals surface area contributed by atoms with Gasteiger partial charge < -0.3 is 9.84 Å². The standard InChI is InChI=1S/C16H30O4/c1-9-10-16(12(17)18,15(6,7)8)13(19)20-11(2)14(3,4)5/h11H,9-10H2,1-8H3,(H,17,18). The molecule has 1 N–H and O–H groups in total. The first-order valence-corrected chi connectivity index (χ1v) is 7.25. The lowest BCUT2D eigenvalue weighted by molar-refractivity contribution is -0.185. The number of carbonyl (C=O) groups is 2. The normalized spacial score (nSPS) is 17.2. The van der Waals surface area contributed by atoms with Gasteiger partial charge in [-0.15, -0.1) is 0 Å². The zero-order valence-electron chi connectivity index (χ0n) is 14.2. The van der Waals surface area contributed by atoms with Crippen LogP contribution in [0.4, 0.5) is 0 Å². The van der Waals surface area contributed by atoms with Crippen molar-refractivity contribution in [1.29, 1.82) is 0 Å². The monoisotopic (exact) mass is 286 g/mol. The van der Waals surface area contributed by atoms with Crippen LogP contribution in [0, 0.1) is 16.2 Å². The average Bonchev–Trinajstić information content (AvgIpc) is 2.21. The second-order valence-electron chi connectivity index (χ2n) is 7.62. The highest BCUT2D eigenvalue weighted by molar-refractivity contribution is 6.00. The molecule has 0 amide bonds. The quantitative estimate of drug-likeness (QED) is 0.615. The smallest absolute Gasteiger partial charge is 0.324 e. The van der Waals surface area contributed by atoms with Crippen molar-refractivity contribution in [3.05, 3.63) is 0 Å². The van der Waals surface area contributed by atoms with E-state index in [2.05, 4.69) is 0 Å². The molecule has 0 rings (SSSR count). The van der Waals surface area contributed by atoms with Crippen LogP contribution in [0.1, 0.15) is 68.2 Å². The van der Waals surface area contributed by atoms with E-state index in [0.717, 1.165) is 0 Å². The average molecular weight is 286 g/mol. The summed E-state index contributed by atoms with van der Waals surface area (Å²) in [5.41, 5.74) is -2.42. The van der Waals surface area contributed by atoms with E-state index in [0.29, 0.717) is 6.42 Å². The highest BCUT2D eigenvalue weighted by Gasteiger charge is 2.56. The molecule has 118 valence electrons. The number of hydrogen-bond donors (Lipinski definition) is 1. The van der Waals surface area contributed by atoms with Crippen LogP contribution in [0.3, 0.4) is 0 Å². The molecule has 0 bridgehead atoms. The molecule has 0 aromatic heterocycles. The molecule has 4 nitrogen and oxygen atoms in total. The van der Waals surface area contributed by atoms with Gasteiger partial charge in [0, 0.05) is 0 Å². The number of aliphatic carboxylic acids is 1. The van der Waals surface area contributed by atoms with Crippen molar-refractivity contribution in [3.63, 3.8) is 0 Å². The van der Waals surface area contributed by atoms with Crippen LogP contribution in [-0.4, -0.2) is 23.1 Å². The van der Waals surface area contributed by atoms with Gasteiger partial charge in [-0.1, -0.05) is 54.9 Å². The zero-order valence-corrected chi connectivity index (χ0v) is 14.2. The SMILES string of the molecule is CCCC(C(=O)O)(C(=O)OC(C)C(C)(C)C)C(C)(C)C. The number of carboxylic acid groups (broad SMARTS) is 1. The molecule has 0 radical (unpaired) electrons. The van der Waals surface area contributed by atoms with Crippen molar-refractivity contribution < 1.29 is 19.4 Å². The first-order chi connectivity index (χ1) is 8.80. The molecule has 0 saturated carbocycles.